The highest BCUT2D eigenvalue weighted by molar-refractivity contribution is 5.99. The highest BCUT2D eigenvalue weighted by Gasteiger charge is 2.30. The molecule has 9 heteroatoms. The Labute approximate surface area is 141 Å². The van der Waals surface area contributed by atoms with Crippen LogP contribution in [0.2, 0.25) is 0 Å². The molecule has 2 rings (SSSR count). The maximum Gasteiger partial charge on any atom is 0.417 e. The monoisotopic (exact) mass is 352 g/mol. The number of rotatable bonds is 6. The number of halogens is 3. The first-order valence-corrected chi connectivity index (χ1v) is 7.02. The lowest BCUT2D eigenvalue weighted by Crippen LogP contribution is -2.28. The van der Waals surface area contributed by atoms with Crippen molar-refractivity contribution < 1.29 is 27.8 Å². The van der Waals surface area contributed by atoms with Crippen molar-refractivity contribution in [3.8, 4) is 5.75 Å². The molecule has 6 nitrogen and oxygen atoms in total. The molecule has 0 saturated heterocycles. The van der Waals surface area contributed by atoms with E-state index in [4.69, 9.17) is 4.74 Å². The highest BCUT2D eigenvalue weighted by Crippen LogP contribution is 2.28. The molecule has 2 aromatic rings. The van der Waals surface area contributed by atoms with Crippen molar-refractivity contribution in [3.63, 3.8) is 0 Å². The molecule has 0 aliphatic heterocycles. The summed E-state index contributed by atoms with van der Waals surface area (Å²) in [5, 5.41) is 14.4. The van der Waals surface area contributed by atoms with Gasteiger partial charge in [0.1, 0.15) is 18.2 Å². The molecule has 0 spiro atoms. The van der Waals surface area contributed by atoms with Gasteiger partial charge in [0.15, 0.2) is 0 Å². The Balaban J connectivity index is 2.00. The molecule has 0 bridgehead atoms. The van der Waals surface area contributed by atoms with Gasteiger partial charge in [0.25, 0.3) is 0 Å². The predicted molar refractivity (Wildman–Crippen MR) is 82.0 cm³/mol. The number of carbonyl (C=O) groups excluding carboxylic acids is 1. The molecule has 0 unspecified atom stereocenters. The van der Waals surface area contributed by atoms with Crippen LogP contribution in [0.4, 0.5) is 19.0 Å². The minimum atomic E-state index is -4.44. The number of hydrogen-bond donors (Lipinski definition) is 1. The van der Waals surface area contributed by atoms with Gasteiger partial charge in [0, 0.05) is 6.20 Å². The number of benzene rings is 1. The smallest absolute Gasteiger partial charge is 0.417 e. The highest BCUT2D eigenvalue weighted by atomic mass is 19.4. The molecular weight excluding hydrogens is 339 g/mol. The second-order valence-electron chi connectivity index (χ2n) is 4.92. The van der Waals surface area contributed by atoms with E-state index in [0.29, 0.717) is 17.0 Å². The second-order valence-corrected chi connectivity index (χ2v) is 4.92. The molecular formula is C16H13F3N3O3-. The van der Waals surface area contributed by atoms with Crippen LogP contribution in [0.1, 0.15) is 18.1 Å². The number of carboxylic acids is 1. The number of anilines is 1. The lowest BCUT2D eigenvalue weighted by molar-refractivity contribution is -0.307. The number of aromatic nitrogens is 1. The summed E-state index contributed by atoms with van der Waals surface area (Å²) in [6.07, 6.45) is -3.72. The average Bonchev–Trinajstić information content (AvgIpc) is 2.58. The average molecular weight is 352 g/mol. The molecule has 0 saturated carbocycles. The van der Waals surface area contributed by atoms with Crippen LogP contribution < -0.4 is 15.3 Å². The Morgan fingerprint density at radius 1 is 1.24 bits per heavy atom. The molecule has 1 aromatic heterocycles. The minimum Gasteiger partial charge on any atom is -0.546 e. The quantitative estimate of drug-likeness (QED) is 0.635. The number of ether oxygens (including phenoxy) is 1. The molecule has 0 atom stereocenters. The largest absolute Gasteiger partial charge is 0.546 e. The van der Waals surface area contributed by atoms with E-state index in [1.54, 1.807) is 31.2 Å². The summed E-state index contributed by atoms with van der Waals surface area (Å²) in [4.78, 5) is 14.0. The third-order valence-corrected chi connectivity index (χ3v) is 3.06. The number of nitrogens with one attached hydrogen (secondary N) is 1. The van der Waals surface area contributed by atoms with Gasteiger partial charge in [-0.2, -0.15) is 18.3 Å². The van der Waals surface area contributed by atoms with Crippen LogP contribution in [0.15, 0.2) is 47.7 Å². The Hall–Kier alpha value is -3.10. The second kappa shape index (κ2) is 7.65. The normalized spacial score (nSPS) is 11.9. The maximum atomic E-state index is 12.5. The summed E-state index contributed by atoms with van der Waals surface area (Å²) in [7, 11) is 0. The van der Waals surface area contributed by atoms with Gasteiger partial charge in [-0.3, -0.25) is 5.43 Å². The van der Waals surface area contributed by atoms with E-state index in [1.165, 1.54) is 6.07 Å². The number of nitrogens with zero attached hydrogens (tertiary/aromatic N) is 2. The van der Waals surface area contributed by atoms with Gasteiger partial charge in [0.2, 0.25) is 0 Å². The van der Waals surface area contributed by atoms with Crippen molar-refractivity contribution in [1.29, 1.82) is 0 Å². The molecule has 1 aromatic carbocycles. The van der Waals surface area contributed by atoms with E-state index >= 15 is 0 Å². The molecule has 0 radical (unpaired) electrons. The number of carboxylic acid groups (broad SMARTS) is 1. The molecule has 0 amide bonds. The standard InChI is InChI=1S/C16H14F3N3O3/c1-10(11-2-5-13(6-3-11)25-9-15(23)24)21-22-14-7-4-12(8-20-14)16(17,18)19/h2-8H,9H2,1H3,(H,20,22)(H,23,24)/p-1/b21-10-. The van der Waals surface area contributed by atoms with E-state index in [2.05, 4.69) is 15.5 Å². The van der Waals surface area contributed by atoms with Crippen molar-refractivity contribution in [2.45, 2.75) is 13.1 Å². The van der Waals surface area contributed by atoms with Gasteiger partial charge < -0.3 is 14.6 Å². The molecule has 132 valence electrons. The number of pyridine rings is 1. The third kappa shape index (κ3) is 5.48. The van der Waals surface area contributed by atoms with Crippen molar-refractivity contribution in [1.82, 2.24) is 4.98 Å². The summed E-state index contributed by atoms with van der Waals surface area (Å²) in [6, 6.07) is 8.53. The molecule has 0 fully saturated rings. The summed E-state index contributed by atoms with van der Waals surface area (Å²) < 4.78 is 42.3. The topological polar surface area (TPSA) is 86.6 Å². The van der Waals surface area contributed by atoms with Gasteiger partial charge in [-0.1, -0.05) is 0 Å². The van der Waals surface area contributed by atoms with Crippen LogP contribution >= 0.6 is 0 Å². The fraction of sp³-hybridized carbons (Fsp3) is 0.188. The van der Waals surface area contributed by atoms with Crippen LogP contribution in [-0.4, -0.2) is 23.3 Å². The minimum absolute atomic E-state index is 0.168. The van der Waals surface area contributed by atoms with Gasteiger partial charge in [-0.05, 0) is 48.9 Å². The number of aliphatic carboxylic acids is 1. The fourth-order valence-corrected chi connectivity index (χ4v) is 1.77. The van der Waals surface area contributed by atoms with Gasteiger partial charge in [0.05, 0.1) is 17.2 Å². The first-order chi connectivity index (χ1) is 11.8. The van der Waals surface area contributed by atoms with Crippen LogP contribution in [0.3, 0.4) is 0 Å². The third-order valence-electron chi connectivity index (χ3n) is 3.06. The van der Waals surface area contributed by atoms with Gasteiger partial charge in [-0.15, -0.1) is 0 Å². The van der Waals surface area contributed by atoms with Crippen LogP contribution in [0.5, 0.6) is 5.75 Å². The number of hydrazone groups is 1. The molecule has 25 heavy (non-hydrogen) atoms. The fourth-order valence-electron chi connectivity index (χ4n) is 1.77. The van der Waals surface area contributed by atoms with Crippen molar-refractivity contribution in [2.75, 3.05) is 12.0 Å². The first kappa shape index (κ1) is 18.2. The summed E-state index contributed by atoms with van der Waals surface area (Å²) >= 11 is 0. The summed E-state index contributed by atoms with van der Waals surface area (Å²) in [5.41, 5.74) is 2.98. The maximum absolute atomic E-state index is 12.5. The van der Waals surface area contributed by atoms with Gasteiger partial charge in [-0.25, -0.2) is 4.98 Å². The number of alkyl halides is 3. The Morgan fingerprint density at radius 2 is 1.92 bits per heavy atom. The Morgan fingerprint density at radius 3 is 2.44 bits per heavy atom. The van der Waals surface area contributed by atoms with E-state index in [0.717, 1.165) is 12.3 Å². The van der Waals surface area contributed by atoms with Gasteiger partial charge >= 0.3 is 6.18 Å². The van der Waals surface area contributed by atoms with Crippen molar-refractivity contribution in [2.24, 2.45) is 5.10 Å². The number of carbonyl (C=O) groups is 1. The van der Waals surface area contributed by atoms with E-state index < -0.39 is 24.3 Å². The molecule has 1 N–H and O–H groups in total. The van der Waals surface area contributed by atoms with E-state index in [-0.39, 0.29) is 5.82 Å². The van der Waals surface area contributed by atoms with E-state index in [9.17, 15) is 23.1 Å². The Bertz CT molecular complexity index is 757. The van der Waals surface area contributed by atoms with Crippen LogP contribution in [-0.2, 0) is 11.0 Å². The predicted octanol–water partition coefficient (Wildman–Crippen LogP) is 2.07. The number of hydrogen-bond acceptors (Lipinski definition) is 6. The first-order valence-electron chi connectivity index (χ1n) is 7.02. The lowest BCUT2D eigenvalue weighted by atomic mass is 10.1. The molecule has 0 aliphatic rings. The Kier molecular flexibility index (Phi) is 5.58. The van der Waals surface area contributed by atoms with Crippen LogP contribution in [0.25, 0.3) is 0 Å². The van der Waals surface area contributed by atoms with E-state index in [1.807, 2.05) is 0 Å². The summed E-state index contributed by atoms with van der Waals surface area (Å²) in [5.74, 6) is -0.797. The molecule has 0 aliphatic carbocycles. The lowest BCUT2D eigenvalue weighted by Gasteiger charge is -2.08. The van der Waals surface area contributed by atoms with Crippen molar-refractivity contribution in [3.05, 3.63) is 53.7 Å². The summed E-state index contributed by atoms with van der Waals surface area (Å²) in [6.45, 7) is 1.14. The van der Waals surface area contributed by atoms with Crippen molar-refractivity contribution >= 4 is 17.5 Å². The molecule has 1 heterocycles. The zero-order chi connectivity index (χ0) is 18.4. The zero-order valence-corrected chi connectivity index (χ0v) is 13.0. The zero-order valence-electron chi connectivity index (χ0n) is 13.0. The van der Waals surface area contributed by atoms with Crippen LogP contribution in [0, 0.1) is 0 Å². The SMILES string of the molecule is C/C(=N/Nc1ccc(C(F)(F)F)cn1)c1ccc(OCC(=O)[O-])cc1.